The number of hydrogen-bond donors (Lipinski definition) is 2. The molecule has 0 saturated heterocycles. The van der Waals surface area contributed by atoms with Crippen molar-refractivity contribution in [3.05, 3.63) is 71.7 Å². The summed E-state index contributed by atoms with van der Waals surface area (Å²) in [4.78, 5) is 4.40. The van der Waals surface area contributed by atoms with Crippen LogP contribution in [0.25, 0.3) is 22.6 Å². The molecule has 1 aliphatic carbocycles. The summed E-state index contributed by atoms with van der Waals surface area (Å²) in [6, 6.07) is 13.3. The Kier molecular flexibility index (Phi) is 5.51. The lowest BCUT2D eigenvalue weighted by molar-refractivity contribution is 0.430. The van der Waals surface area contributed by atoms with Gasteiger partial charge in [-0.3, -0.25) is 0 Å². The van der Waals surface area contributed by atoms with E-state index in [0.29, 0.717) is 35.3 Å². The first-order valence-electron chi connectivity index (χ1n) is 10.7. The Balaban J connectivity index is 1.57. The highest BCUT2D eigenvalue weighted by Gasteiger charge is 2.25. The molecule has 5 rings (SSSR count). The largest absolute Gasteiger partial charge is 0.445 e. The third kappa shape index (κ3) is 4.42. The molecular weight excluding hydrogens is 440 g/mol. The van der Waals surface area contributed by atoms with E-state index < -0.39 is 10.0 Å². The van der Waals surface area contributed by atoms with Crippen LogP contribution in [0.1, 0.15) is 29.7 Å². The van der Waals surface area contributed by atoms with Crippen LogP contribution in [0.5, 0.6) is 0 Å². The van der Waals surface area contributed by atoms with Crippen molar-refractivity contribution in [1.29, 1.82) is 0 Å². The summed E-state index contributed by atoms with van der Waals surface area (Å²) in [5, 5.41) is 7.37. The molecule has 2 aromatic carbocycles. The number of anilines is 1. The molecule has 0 aliphatic heterocycles. The van der Waals surface area contributed by atoms with E-state index in [0.717, 1.165) is 29.5 Å². The predicted octanol–water partition coefficient (Wildman–Crippen LogP) is 4.67. The Bertz CT molecular complexity index is 1390. The lowest BCUT2D eigenvalue weighted by atomic mass is 9.97. The molecule has 2 aromatic heterocycles. The van der Waals surface area contributed by atoms with Gasteiger partial charge >= 0.3 is 0 Å². The van der Waals surface area contributed by atoms with Gasteiger partial charge in [0.15, 0.2) is 0 Å². The van der Waals surface area contributed by atoms with Crippen LogP contribution in [0.2, 0.25) is 0 Å². The molecule has 8 nitrogen and oxygen atoms in total. The van der Waals surface area contributed by atoms with Crippen molar-refractivity contribution in [2.75, 3.05) is 4.72 Å². The fourth-order valence-electron chi connectivity index (χ4n) is 3.65. The number of aryl methyl sites for hydroxylation is 1. The van der Waals surface area contributed by atoms with Gasteiger partial charge in [-0.1, -0.05) is 29.4 Å². The minimum atomic E-state index is -3.93. The topological polar surface area (TPSA) is 110 Å². The molecule has 0 spiro atoms. The summed E-state index contributed by atoms with van der Waals surface area (Å²) < 4.78 is 39.9. The van der Waals surface area contributed by atoms with E-state index in [1.165, 1.54) is 6.26 Å². The number of nitrogens with one attached hydrogen (secondary N) is 2. The lowest BCUT2D eigenvalue weighted by Gasteiger charge is -2.16. The second-order valence-corrected chi connectivity index (χ2v) is 9.84. The second kappa shape index (κ2) is 8.49. The Morgan fingerprint density at radius 3 is 2.61 bits per heavy atom. The second-order valence-electron chi connectivity index (χ2n) is 8.19. The van der Waals surface area contributed by atoms with Gasteiger partial charge in [-0.25, -0.2) is 18.1 Å². The molecule has 9 heteroatoms. The predicted molar refractivity (Wildman–Crippen MR) is 124 cm³/mol. The fourth-order valence-corrected chi connectivity index (χ4v) is 4.92. The van der Waals surface area contributed by atoms with Crippen LogP contribution >= 0.6 is 0 Å². The first-order valence-corrected chi connectivity index (χ1v) is 12.2. The SMILES string of the molecule is Cc1noc(NS(=O)(=O)c2ccccc2-c2ccc(-c3ncco3)cc2CNC2CC2)c1C. The van der Waals surface area contributed by atoms with Crippen molar-refractivity contribution in [2.24, 2.45) is 0 Å². The van der Waals surface area contributed by atoms with Crippen LogP contribution in [-0.2, 0) is 16.6 Å². The summed E-state index contributed by atoms with van der Waals surface area (Å²) >= 11 is 0. The molecule has 4 aromatic rings. The van der Waals surface area contributed by atoms with Crippen molar-refractivity contribution in [1.82, 2.24) is 15.5 Å². The van der Waals surface area contributed by atoms with Crippen molar-refractivity contribution in [3.8, 4) is 22.6 Å². The van der Waals surface area contributed by atoms with Crippen molar-refractivity contribution >= 4 is 15.9 Å². The Morgan fingerprint density at radius 1 is 1.09 bits per heavy atom. The summed E-state index contributed by atoms with van der Waals surface area (Å²) in [6.07, 6.45) is 5.44. The zero-order valence-corrected chi connectivity index (χ0v) is 19.1. The number of sulfonamides is 1. The highest BCUT2D eigenvalue weighted by molar-refractivity contribution is 7.92. The molecule has 0 amide bonds. The first-order chi connectivity index (χ1) is 15.9. The van der Waals surface area contributed by atoms with Crippen LogP contribution < -0.4 is 10.0 Å². The van der Waals surface area contributed by atoms with Crippen LogP contribution in [0, 0.1) is 13.8 Å². The fraction of sp³-hybridized carbons (Fsp3) is 0.250. The minimum Gasteiger partial charge on any atom is -0.445 e. The summed E-state index contributed by atoms with van der Waals surface area (Å²) in [7, 11) is -3.93. The average molecular weight is 465 g/mol. The van der Waals surface area contributed by atoms with Gasteiger partial charge < -0.3 is 14.3 Å². The van der Waals surface area contributed by atoms with Gasteiger partial charge in [-0.15, -0.1) is 0 Å². The van der Waals surface area contributed by atoms with Gasteiger partial charge in [0.1, 0.15) is 6.26 Å². The van der Waals surface area contributed by atoms with Crippen molar-refractivity contribution in [2.45, 2.75) is 44.2 Å². The molecule has 1 aliphatic rings. The standard InChI is InChI=1S/C24H24N4O4S/c1-15-16(2)27-32-23(15)28-33(29,30)22-6-4-3-5-21(22)20-10-7-17(24-25-11-12-31-24)13-18(20)14-26-19-8-9-19/h3-7,10-13,19,26,28H,8-9,14H2,1-2H3. The quantitative estimate of drug-likeness (QED) is 0.390. The first kappa shape index (κ1) is 21.4. The van der Waals surface area contributed by atoms with Crippen molar-refractivity contribution < 1.29 is 17.4 Å². The Morgan fingerprint density at radius 2 is 1.91 bits per heavy atom. The number of oxazole rings is 1. The van der Waals surface area contributed by atoms with E-state index in [2.05, 4.69) is 20.2 Å². The lowest BCUT2D eigenvalue weighted by Crippen LogP contribution is -2.17. The summed E-state index contributed by atoms with van der Waals surface area (Å²) in [5.41, 5.74) is 4.52. The van der Waals surface area contributed by atoms with Gasteiger partial charge in [0.05, 0.1) is 16.8 Å². The van der Waals surface area contributed by atoms with Gasteiger partial charge in [-0.2, -0.15) is 0 Å². The Hall–Kier alpha value is -3.43. The maximum atomic E-state index is 13.4. The molecule has 1 saturated carbocycles. The molecule has 2 heterocycles. The average Bonchev–Trinajstić information content (AvgIpc) is 3.39. The number of benzene rings is 2. The van der Waals surface area contributed by atoms with Crippen LogP contribution in [0.15, 0.2) is 68.8 Å². The maximum Gasteiger partial charge on any atom is 0.264 e. The van der Waals surface area contributed by atoms with E-state index in [1.807, 2.05) is 30.3 Å². The molecule has 1 fully saturated rings. The number of hydrogen-bond acceptors (Lipinski definition) is 7. The van der Waals surface area contributed by atoms with Gasteiger partial charge in [0, 0.05) is 29.3 Å². The van der Waals surface area contributed by atoms with E-state index in [9.17, 15) is 8.42 Å². The minimum absolute atomic E-state index is 0.122. The van der Waals surface area contributed by atoms with Gasteiger partial charge in [0.25, 0.3) is 10.0 Å². The molecular formula is C24H24N4O4S. The zero-order chi connectivity index (χ0) is 23.0. The maximum absolute atomic E-state index is 13.4. The zero-order valence-electron chi connectivity index (χ0n) is 18.3. The van der Waals surface area contributed by atoms with E-state index in [-0.39, 0.29) is 10.8 Å². The normalized spacial score (nSPS) is 13.9. The van der Waals surface area contributed by atoms with Crippen molar-refractivity contribution in [3.63, 3.8) is 0 Å². The number of rotatable bonds is 8. The number of aromatic nitrogens is 2. The smallest absolute Gasteiger partial charge is 0.264 e. The molecule has 170 valence electrons. The molecule has 33 heavy (non-hydrogen) atoms. The number of nitrogens with zero attached hydrogens (tertiary/aromatic N) is 2. The van der Waals surface area contributed by atoms with Crippen LogP contribution in [-0.4, -0.2) is 24.6 Å². The molecule has 0 unspecified atom stereocenters. The highest BCUT2D eigenvalue weighted by atomic mass is 32.2. The van der Waals surface area contributed by atoms with Gasteiger partial charge in [-0.05, 0) is 56.0 Å². The molecule has 2 N–H and O–H groups in total. The third-order valence-corrected chi connectivity index (χ3v) is 7.18. The third-order valence-electron chi connectivity index (χ3n) is 5.79. The van der Waals surface area contributed by atoms with E-state index >= 15 is 0 Å². The van der Waals surface area contributed by atoms with E-state index in [1.54, 1.807) is 32.2 Å². The van der Waals surface area contributed by atoms with E-state index in [4.69, 9.17) is 8.94 Å². The molecule has 0 radical (unpaired) electrons. The van der Waals surface area contributed by atoms with Crippen LogP contribution in [0.4, 0.5) is 5.88 Å². The van der Waals surface area contributed by atoms with Crippen LogP contribution in [0.3, 0.4) is 0 Å². The summed E-state index contributed by atoms with van der Waals surface area (Å²) in [6.45, 7) is 4.13. The summed E-state index contributed by atoms with van der Waals surface area (Å²) in [5.74, 6) is 0.644. The Labute approximate surface area is 192 Å². The monoisotopic (exact) mass is 464 g/mol. The highest BCUT2D eigenvalue weighted by Crippen LogP contribution is 2.34. The molecule has 0 atom stereocenters. The van der Waals surface area contributed by atoms with Gasteiger partial charge in [0.2, 0.25) is 11.8 Å². The molecule has 0 bridgehead atoms.